The van der Waals surface area contributed by atoms with Crippen molar-refractivity contribution >= 4 is 17.0 Å². The summed E-state index contributed by atoms with van der Waals surface area (Å²) in [5, 5.41) is 0. The van der Waals surface area contributed by atoms with Crippen molar-refractivity contribution in [1.82, 2.24) is 19.5 Å². The summed E-state index contributed by atoms with van der Waals surface area (Å²) in [6.45, 7) is 2.73. The van der Waals surface area contributed by atoms with Crippen LogP contribution in [0.5, 0.6) is 0 Å². The fraction of sp³-hybridized carbons (Fsp3) is 0.222. The second kappa shape index (κ2) is 3.45. The summed E-state index contributed by atoms with van der Waals surface area (Å²) >= 11 is 0. The van der Waals surface area contributed by atoms with Gasteiger partial charge in [-0.05, 0) is 6.92 Å². The number of hydrogen-bond donors (Lipinski definition) is 1. The molecule has 0 spiro atoms. The Morgan fingerprint density at radius 3 is 3.07 bits per heavy atom. The molecule has 5 nitrogen and oxygen atoms in total. The van der Waals surface area contributed by atoms with Crippen LogP contribution < -0.4 is 5.73 Å². The zero-order valence-corrected chi connectivity index (χ0v) is 7.88. The summed E-state index contributed by atoms with van der Waals surface area (Å²) in [7, 11) is 0. The molecule has 0 saturated heterocycles. The normalized spacial score (nSPS) is 11.5. The van der Waals surface area contributed by atoms with E-state index >= 15 is 0 Å². The predicted molar refractivity (Wildman–Crippen MR) is 54.5 cm³/mol. The summed E-state index contributed by atoms with van der Waals surface area (Å²) in [6, 6.07) is 0. The molecule has 0 amide bonds. The van der Waals surface area contributed by atoms with E-state index in [0.29, 0.717) is 11.3 Å². The number of nitrogens with zero attached hydrogens (tertiary/aromatic N) is 4. The number of nitrogen functional groups attached to an aromatic ring is 1. The Bertz CT molecular complexity index is 471. The monoisotopic (exact) mass is 189 g/mol. The van der Waals surface area contributed by atoms with Gasteiger partial charge < -0.3 is 10.3 Å². The first-order chi connectivity index (χ1) is 6.83. The molecule has 0 bridgehead atoms. The van der Waals surface area contributed by atoms with Gasteiger partial charge in [0.2, 0.25) is 0 Å². The van der Waals surface area contributed by atoms with Crippen LogP contribution >= 0.6 is 0 Å². The molecule has 0 radical (unpaired) electrons. The summed E-state index contributed by atoms with van der Waals surface area (Å²) in [4.78, 5) is 12.2. The van der Waals surface area contributed by atoms with Gasteiger partial charge in [0.25, 0.3) is 0 Å². The van der Waals surface area contributed by atoms with E-state index in [9.17, 15) is 0 Å². The van der Waals surface area contributed by atoms with Crippen LogP contribution in [0.1, 0.15) is 6.92 Å². The summed E-state index contributed by atoms with van der Waals surface area (Å²) < 4.78 is 1.92. The van der Waals surface area contributed by atoms with Crippen molar-refractivity contribution < 1.29 is 0 Å². The molecule has 0 aliphatic carbocycles. The van der Waals surface area contributed by atoms with Crippen LogP contribution in [0.15, 0.2) is 24.8 Å². The smallest absolute Gasteiger partial charge is 0.165 e. The van der Waals surface area contributed by atoms with Gasteiger partial charge in [-0.3, -0.25) is 0 Å². The molecule has 0 aliphatic heterocycles. The number of hydrogen-bond acceptors (Lipinski definition) is 4. The first-order valence-electron chi connectivity index (χ1n) is 4.35. The number of aromatic nitrogens is 4. The van der Waals surface area contributed by atoms with Crippen LogP contribution in [-0.2, 0) is 6.54 Å². The van der Waals surface area contributed by atoms with Crippen molar-refractivity contribution in [1.29, 1.82) is 0 Å². The molecule has 5 heteroatoms. The van der Waals surface area contributed by atoms with Gasteiger partial charge in [-0.1, -0.05) is 12.2 Å². The van der Waals surface area contributed by atoms with Crippen LogP contribution in [-0.4, -0.2) is 19.5 Å². The number of rotatable bonds is 2. The number of fused-ring (bicyclic) bond motifs is 1. The van der Waals surface area contributed by atoms with Gasteiger partial charge in [-0.2, -0.15) is 0 Å². The fourth-order valence-corrected chi connectivity index (χ4v) is 1.25. The van der Waals surface area contributed by atoms with E-state index in [2.05, 4.69) is 15.0 Å². The third-order valence-electron chi connectivity index (χ3n) is 1.97. The van der Waals surface area contributed by atoms with E-state index in [4.69, 9.17) is 5.73 Å². The van der Waals surface area contributed by atoms with E-state index in [-0.39, 0.29) is 0 Å². The largest absolute Gasteiger partial charge is 0.382 e. The van der Waals surface area contributed by atoms with Gasteiger partial charge in [-0.25, -0.2) is 15.0 Å². The lowest BCUT2D eigenvalue weighted by Gasteiger charge is -1.98. The summed E-state index contributed by atoms with van der Waals surface area (Å²) in [5.41, 5.74) is 7.09. The SMILES string of the molecule is CC=CCn1cnc2c(N)ncnc21. The lowest BCUT2D eigenvalue weighted by molar-refractivity contribution is 0.835. The average Bonchev–Trinajstić information content (AvgIpc) is 2.60. The molecule has 14 heavy (non-hydrogen) atoms. The Labute approximate surface area is 81.3 Å². The van der Waals surface area contributed by atoms with Crippen molar-refractivity contribution in [2.45, 2.75) is 13.5 Å². The van der Waals surface area contributed by atoms with Crippen molar-refractivity contribution in [3.63, 3.8) is 0 Å². The quantitative estimate of drug-likeness (QED) is 0.715. The molecule has 0 saturated carbocycles. The van der Waals surface area contributed by atoms with Crippen LogP contribution in [0.2, 0.25) is 0 Å². The highest BCUT2D eigenvalue weighted by molar-refractivity contribution is 5.81. The van der Waals surface area contributed by atoms with Gasteiger partial charge >= 0.3 is 0 Å². The Morgan fingerprint density at radius 2 is 2.29 bits per heavy atom. The molecule has 2 aromatic heterocycles. The first kappa shape index (κ1) is 8.68. The van der Waals surface area contributed by atoms with Crippen LogP contribution in [0, 0.1) is 0 Å². The zero-order valence-electron chi connectivity index (χ0n) is 7.88. The molecule has 72 valence electrons. The maximum Gasteiger partial charge on any atom is 0.165 e. The second-order valence-corrected chi connectivity index (χ2v) is 2.90. The Kier molecular flexibility index (Phi) is 2.14. The highest BCUT2D eigenvalue weighted by atomic mass is 15.1. The summed E-state index contributed by atoms with van der Waals surface area (Å²) in [6.07, 6.45) is 7.18. The van der Waals surface area contributed by atoms with E-state index in [0.717, 1.165) is 12.2 Å². The zero-order chi connectivity index (χ0) is 9.97. The minimum absolute atomic E-state index is 0.425. The Morgan fingerprint density at radius 1 is 1.43 bits per heavy atom. The molecule has 0 aromatic carbocycles. The molecule has 0 aliphatic rings. The van der Waals surface area contributed by atoms with Crippen LogP contribution in [0.3, 0.4) is 0 Å². The van der Waals surface area contributed by atoms with Gasteiger partial charge in [0.05, 0.1) is 6.33 Å². The van der Waals surface area contributed by atoms with E-state index < -0.39 is 0 Å². The second-order valence-electron chi connectivity index (χ2n) is 2.90. The average molecular weight is 189 g/mol. The molecular weight excluding hydrogens is 178 g/mol. The van der Waals surface area contributed by atoms with E-state index in [1.165, 1.54) is 6.33 Å². The third kappa shape index (κ3) is 1.32. The Balaban J connectivity index is 2.52. The van der Waals surface area contributed by atoms with Gasteiger partial charge in [0.1, 0.15) is 11.8 Å². The minimum atomic E-state index is 0.425. The van der Waals surface area contributed by atoms with Crippen LogP contribution in [0.4, 0.5) is 5.82 Å². The number of nitrogens with two attached hydrogens (primary N) is 1. The molecule has 0 unspecified atom stereocenters. The van der Waals surface area contributed by atoms with E-state index in [1.807, 2.05) is 23.6 Å². The molecule has 2 heterocycles. The molecule has 2 aromatic rings. The van der Waals surface area contributed by atoms with Crippen LogP contribution in [0.25, 0.3) is 11.2 Å². The van der Waals surface area contributed by atoms with Gasteiger partial charge in [0, 0.05) is 6.54 Å². The van der Waals surface area contributed by atoms with Crippen molar-refractivity contribution in [3.8, 4) is 0 Å². The molecule has 2 rings (SSSR count). The lowest BCUT2D eigenvalue weighted by atomic mass is 10.5. The highest BCUT2D eigenvalue weighted by Crippen LogP contribution is 2.13. The van der Waals surface area contributed by atoms with Crippen molar-refractivity contribution in [2.75, 3.05) is 5.73 Å². The van der Waals surface area contributed by atoms with Gasteiger partial charge in [0.15, 0.2) is 11.5 Å². The lowest BCUT2D eigenvalue weighted by Crippen LogP contribution is -1.97. The highest BCUT2D eigenvalue weighted by Gasteiger charge is 2.05. The molecule has 2 N–H and O–H groups in total. The standard InChI is InChI=1S/C9H11N5/c1-2-3-4-14-6-13-7-8(10)11-5-12-9(7)14/h2-3,5-6H,4H2,1H3,(H2,10,11,12). The molecule has 0 fully saturated rings. The first-order valence-corrected chi connectivity index (χ1v) is 4.35. The topological polar surface area (TPSA) is 69.6 Å². The van der Waals surface area contributed by atoms with Crippen molar-refractivity contribution in [3.05, 3.63) is 24.8 Å². The number of imidazole rings is 1. The van der Waals surface area contributed by atoms with E-state index in [1.54, 1.807) is 6.33 Å². The third-order valence-corrected chi connectivity index (χ3v) is 1.97. The fourth-order valence-electron chi connectivity index (χ4n) is 1.25. The van der Waals surface area contributed by atoms with Gasteiger partial charge in [-0.15, -0.1) is 0 Å². The number of anilines is 1. The molecule has 0 atom stereocenters. The Hall–Kier alpha value is -1.91. The maximum absolute atomic E-state index is 5.65. The van der Waals surface area contributed by atoms with Crippen molar-refractivity contribution in [2.24, 2.45) is 0 Å². The number of allylic oxidation sites excluding steroid dienone is 2. The summed E-state index contributed by atoms with van der Waals surface area (Å²) in [5.74, 6) is 0.425. The maximum atomic E-state index is 5.65. The predicted octanol–water partition coefficient (Wildman–Crippen LogP) is 0.985. The molecular formula is C9H11N5. The minimum Gasteiger partial charge on any atom is -0.382 e.